The summed E-state index contributed by atoms with van der Waals surface area (Å²) in [5, 5.41) is 18.5. The number of esters is 1. The smallest absolute Gasteiger partial charge is 0.417 e. The second-order valence-electron chi connectivity index (χ2n) is 19.0. The summed E-state index contributed by atoms with van der Waals surface area (Å²) in [6.07, 6.45) is 0.536. The molecule has 1 aliphatic heterocycles. The van der Waals surface area contributed by atoms with Crippen LogP contribution in [-0.4, -0.2) is 94.4 Å². The lowest BCUT2D eigenvalue weighted by Crippen LogP contribution is -2.40. The Bertz CT molecular complexity index is 2980. The van der Waals surface area contributed by atoms with Crippen molar-refractivity contribution in [3.05, 3.63) is 168 Å². The van der Waals surface area contributed by atoms with Gasteiger partial charge in [-0.25, -0.2) is 4.79 Å². The number of aromatic nitrogens is 2. The van der Waals surface area contributed by atoms with Gasteiger partial charge in [0, 0.05) is 91.3 Å². The number of nitrogens with two attached hydrogens (primary N) is 1. The summed E-state index contributed by atoms with van der Waals surface area (Å²) in [5.74, 6) is -6.06. The van der Waals surface area contributed by atoms with Gasteiger partial charge in [-0.15, -0.1) is 6.58 Å². The molecule has 0 aliphatic carbocycles. The molecule has 2 aromatic heterocycles. The van der Waals surface area contributed by atoms with Crippen molar-refractivity contribution in [2.75, 3.05) is 19.8 Å². The lowest BCUT2D eigenvalue weighted by atomic mass is 9.92. The molecule has 4 amide bonds. The molecule has 3 aromatic carbocycles. The van der Waals surface area contributed by atoms with Crippen LogP contribution >= 0.6 is 0 Å². The van der Waals surface area contributed by atoms with E-state index in [0.29, 0.717) is 18.7 Å². The molecule has 16 nitrogen and oxygen atoms in total. The molecular formula is C59H65F3N6O10. The second-order valence-corrected chi connectivity index (χ2v) is 19.0. The standard InChI is InChI=1S/C59H65F3N6O10/c1-4-39(34-51(69)49-22-20-47(67-49)44-14-10-9-11-36(44)3)57(75)66-43(33-40-27-29-64-56(40)74)18-26-55(73)78-30-28-38-15-19-45(46(32-38)59(60,61)62)48-21-23-50(68-48)52(70)35-41(31-37-12-7-6-8-13-37)58(76)65-42(16-24-53(63)71)17-25-54(72)77-5-2/h4,6-15,17-23,25-26,32,39-43,54,67-68,72H,1,5,16,24,27-31,33-35H2,2-3H3,(H2,63,71)(H,64,74)(H,65,76)(H,66,75)/b25-17+,26-18+/t39-,40+,41-,42+,43-,54?/m1/s1. The SMILES string of the molecule is C=C[C@H](CC(=O)c1ccc(-c2ccccc2C)[nH]1)C(=O)N[C@H](/C=C/C(=O)OCCc1ccc(-c2ccc(C(=O)C[C@@H](Cc3ccccc3)C(=O)N[C@H](/C=C/C(O)OCC)CCC(N)=O)[nH]2)c(C(F)(F)F)c1)C[C@@H]1CCNC1=O. The van der Waals surface area contributed by atoms with Crippen LogP contribution in [0.5, 0.6) is 0 Å². The Kier molecular flexibility index (Phi) is 21.4. The summed E-state index contributed by atoms with van der Waals surface area (Å²) >= 11 is 0. The first kappa shape index (κ1) is 59.1. The van der Waals surface area contributed by atoms with Crippen molar-refractivity contribution in [3.63, 3.8) is 0 Å². The number of rotatable bonds is 29. The van der Waals surface area contributed by atoms with E-state index < -0.39 is 77.3 Å². The number of aliphatic hydroxyl groups excluding tert-OH is 1. The van der Waals surface area contributed by atoms with E-state index in [0.717, 1.165) is 34.5 Å². The number of nitrogens with one attached hydrogen (secondary N) is 5. The molecule has 6 atom stereocenters. The van der Waals surface area contributed by atoms with Crippen LogP contribution in [0.1, 0.15) is 88.7 Å². The third kappa shape index (κ3) is 17.4. The summed E-state index contributed by atoms with van der Waals surface area (Å²) in [6.45, 7) is 7.73. The molecule has 8 N–H and O–H groups in total. The van der Waals surface area contributed by atoms with Gasteiger partial charge < -0.3 is 46.2 Å². The third-order valence-electron chi connectivity index (χ3n) is 13.2. The first-order valence-electron chi connectivity index (χ1n) is 25.7. The van der Waals surface area contributed by atoms with Gasteiger partial charge in [0.05, 0.1) is 29.5 Å². The number of H-pyrrole nitrogens is 2. The van der Waals surface area contributed by atoms with Gasteiger partial charge >= 0.3 is 12.1 Å². The van der Waals surface area contributed by atoms with Gasteiger partial charge in [-0.05, 0) is 92.6 Å². The minimum Gasteiger partial charge on any atom is -0.462 e. The number of amides is 4. The van der Waals surface area contributed by atoms with Crippen molar-refractivity contribution in [1.82, 2.24) is 25.9 Å². The number of aryl methyl sites for hydroxylation is 1. The number of halogens is 3. The van der Waals surface area contributed by atoms with Crippen LogP contribution in [0.15, 0.2) is 134 Å². The zero-order chi connectivity index (χ0) is 56.4. The van der Waals surface area contributed by atoms with Crippen LogP contribution in [0.4, 0.5) is 13.2 Å². The van der Waals surface area contributed by atoms with Crippen molar-refractivity contribution >= 4 is 41.2 Å². The Hall–Kier alpha value is -8.16. The second kappa shape index (κ2) is 28.3. The topological polar surface area (TPSA) is 252 Å². The van der Waals surface area contributed by atoms with Gasteiger partial charge in [0.25, 0.3) is 0 Å². The number of hydrogen-bond acceptors (Lipinski definition) is 10. The maximum Gasteiger partial charge on any atom is 0.417 e. The molecule has 0 radical (unpaired) electrons. The number of ether oxygens (including phenoxy) is 2. The highest BCUT2D eigenvalue weighted by Crippen LogP contribution is 2.38. The predicted molar refractivity (Wildman–Crippen MR) is 286 cm³/mol. The molecule has 19 heteroatoms. The number of hydrogen-bond donors (Lipinski definition) is 7. The monoisotopic (exact) mass is 1070 g/mol. The van der Waals surface area contributed by atoms with Crippen LogP contribution in [-0.2, 0) is 52.5 Å². The lowest BCUT2D eigenvalue weighted by molar-refractivity contribution is -0.138. The molecule has 1 aliphatic rings. The molecular weight excluding hydrogens is 1010 g/mol. The lowest BCUT2D eigenvalue weighted by Gasteiger charge is -2.21. The average molecular weight is 1080 g/mol. The number of primary amides is 1. The quantitative estimate of drug-likeness (QED) is 0.00804. The molecule has 0 spiro atoms. The number of aromatic amines is 2. The Morgan fingerprint density at radius 3 is 2.13 bits per heavy atom. The van der Waals surface area contributed by atoms with Gasteiger partial charge in [0.2, 0.25) is 23.6 Å². The molecule has 412 valence electrons. The fourth-order valence-electron chi connectivity index (χ4n) is 9.04. The molecule has 1 unspecified atom stereocenters. The third-order valence-corrected chi connectivity index (χ3v) is 13.2. The summed E-state index contributed by atoms with van der Waals surface area (Å²) in [6, 6.07) is 24.7. The first-order valence-corrected chi connectivity index (χ1v) is 25.7. The van der Waals surface area contributed by atoms with Crippen molar-refractivity contribution in [3.8, 4) is 22.5 Å². The number of benzene rings is 3. The highest BCUT2D eigenvalue weighted by Gasteiger charge is 2.35. The van der Waals surface area contributed by atoms with Crippen LogP contribution in [0, 0.1) is 24.7 Å². The van der Waals surface area contributed by atoms with E-state index in [4.69, 9.17) is 15.2 Å². The number of carbonyl (C=O) groups is 7. The minimum absolute atomic E-state index is 0.0156. The largest absolute Gasteiger partial charge is 0.462 e. The average Bonchev–Trinajstić information content (AvgIpc) is 4.25. The molecule has 3 heterocycles. The van der Waals surface area contributed by atoms with Crippen molar-refractivity contribution in [2.24, 2.45) is 23.5 Å². The number of Topliss-reactive ketones (excluding diaryl/α,β-unsaturated/α-hetero) is 2. The fourth-order valence-corrected chi connectivity index (χ4v) is 9.04. The van der Waals surface area contributed by atoms with E-state index in [1.54, 1.807) is 49.4 Å². The van der Waals surface area contributed by atoms with Crippen LogP contribution in [0.3, 0.4) is 0 Å². The Morgan fingerprint density at radius 2 is 1.49 bits per heavy atom. The predicted octanol–water partition coefficient (Wildman–Crippen LogP) is 7.83. The van der Waals surface area contributed by atoms with Crippen molar-refractivity contribution in [2.45, 2.75) is 89.8 Å². The molecule has 0 saturated carbocycles. The molecule has 78 heavy (non-hydrogen) atoms. The molecule has 5 aromatic rings. The Balaban J connectivity index is 1.09. The number of ketones is 2. The minimum atomic E-state index is -4.85. The normalized spacial score (nSPS) is 15.5. The van der Waals surface area contributed by atoms with Gasteiger partial charge in [0.15, 0.2) is 17.9 Å². The van der Waals surface area contributed by atoms with Crippen LogP contribution < -0.4 is 21.7 Å². The highest BCUT2D eigenvalue weighted by atomic mass is 19.4. The van der Waals surface area contributed by atoms with Gasteiger partial charge in [0.1, 0.15) is 0 Å². The summed E-state index contributed by atoms with van der Waals surface area (Å²) in [7, 11) is 0. The van der Waals surface area contributed by atoms with Gasteiger partial charge in [-0.2, -0.15) is 13.2 Å². The van der Waals surface area contributed by atoms with E-state index in [9.17, 15) is 51.8 Å². The highest BCUT2D eigenvalue weighted by molar-refractivity contribution is 5.99. The maximum absolute atomic E-state index is 14.7. The van der Waals surface area contributed by atoms with E-state index in [-0.39, 0.29) is 92.4 Å². The maximum atomic E-state index is 14.7. The fraction of sp³-hybridized carbons (Fsp3) is 0.339. The number of carbonyl (C=O) groups excluding carboxylic acids is 7. The van der Waals surface area contributed by atoms with E-state index in [2.05, 4.69) is 32.5 Å². The summed E-state index contributed by atoms with van der Waals surface area (Å²) < 4.78 is 54.6. The van der Waals surface area contributed by atoms with Crippen molar-refractivity contribution in [1.29, 1.82) is 0 Å². The molecule has 0 bridgehead atoms. The summed E-state index contributed by atoms with van der Waals surface area (Å²) in [5.41, 5.74) is 7.95. The van der Waals surface area contributed by atoms with Crippen molar-refractivity contribution < 1.29 is 61.3 Å². The Labute approximate surface area is 450 Å². The van der Waals surface area contributed by atoms with E-state index in [1.807, 2.05) is 31.2 Å². The Morgan fingerprint density at radius 1 is 0.821 bits per heavy atom. The van der Waals surface area contributed by atoms with Gasteiger partial charge in [-0.1, -0.05) is 85.0 Å². The molecule has 1 fully saturated rings. The number of aliphatic hydroxyl groups is 1. The van der Waals surface area contributed by atoms with E-state index >= 15 is 0 Å². The first-order chi connectivity index (χ1) is 37.3. The van der Waals surface area contributed by atoms with Crippen LogP contribution in [0.2, 0.25) is 0 Å². The van der Waals surface area contributed by atoms with E-state index in [1.165, 1.54) is 48.6 Å². The zero-order valence-electron chi connectivity index (χ0n) is 43.4. The van der Waals surface area contributed by atoms with Gasteiger partial charge in [-0.3, -0.25) is 28.8 Å². The summed E-state index contributed by atoms with van der Waals surface area (Å²) in [4.78, 5) is 97.7. The zero-order valence-corrected chi connectivity index (χ0v) is 43.4. The molecule has 1 saturated heterocycles. The van der Waals surface area contributed by atoms with Crippen LogP contribution in [0.25, 0.3) is 22.5 Å². The number of alkyl halides is 3. The molecule has 6 rings (SSSR count).